The van der Waals surface area contributed by atoms with Crippen LogP contribution in [0, 0.1) is 17.8 Å². The molecule has 1 fully saturated rings. The molecule has 0 saturated heterocycles. The van der Waals surface area contributed by atoms with Gasteiger partial charge in [-0.1, -0.05) is 54.6 Å². The minimum atomic E-state index is -0.213. The number of esters is 1. The molecule has 0 N–H and O–H groups in total. The average molecular weight is 304 g/mol. The van der Waals surface area contributed by atoms with E-state index in [-0.39, 0.29) is 5.97 Å². The van der Waals surface area contributed by atoms with Gasteiger partial charge >= 0.3 is 5.97 Å². The van der Waals surface area contributed by atoms with Gasteiger partial charge in [-0.15, -0.1) is 0 Å². The molecule has 4 rings (SSSR count). The third-order valence-corrected chi connectivity index (χ3v) is 5.05. The van der Waals surface area contributed by atoms with Crippen LogP contribution in [0.25, 0.3) is 11.1 Å². The Morgan fingerprint density at radius 2 is 1.78 bits per heavy atom. The van der Waals surface area contributed by atoms with Crippen LogP contribution in [-0.4, -0.2) is 12.6 Å². The molecule has 2 aromatic carbocycles. The van der Waals surface area contributed by atoms with Crippen LogP contribution in [0.3, 0.4) is 0 Å². The van der Waals surface area contributed by atoms with Gasteiger partial charge in [-0.25, -0.2) is 4.79 Å². The van der Waals surface area contributed by atoms with Gasteiger partial charge in [-0.05, 0) is 53.9 Å². The third-order valence-electron chi connectivity index (χ3n) is 5.05. The fraction of sp³-hybridized carbons (Fsp3) is 0.286. The van der Waals surface area contributed by atoms with Crippen LogP contribution >= 0.6 is 0 Å². The van der Waals surface area contributed by atoms with Crippen molar-refractivity contribution in [3.05, 3.63) is 72.3 Å². The van der Waals surface area contributed by atoms with E-state index in [1.54, 1.807) is 0 Å². The second-order valence-corrected chi connectivity index (χ2v) is 6.59. The lowest BCUT2D eigenvalue weighted by molar-refractivity contribution is 0.0421. The summed E-state index contributed by atoms with van der Waals surface area (Å²) in [5.74, 6) is 1.62. The van der Waals surface area contributed by atoms with Crippen LogP contribution in [0.5, 0.6) is 0 Å². The number of fused-ring (bicyclic) bond motifs is 2. The molecule has 23 heavy (non-hydrogen) atoms. The first-order valence-electron chi connectivity index (χ1n) is 8.30. The second kappa shape index (κ2) is 6.04. The number of carbonyl (C=O) groups is 1. The van der Waals surface area contributed by atoms with E-state index >= 15 is 0 Å². The van der Waals surface area contributed by atoms with Crippen molar-refractivity contribution < 1.29 is 9.53 Å². The number of hydrogen-bond acceptors (Lipinski definition) is 2. The van der Waals surface area contributed by atoms with Crippen molar-refractivity contribution in [3.63, 3.8) is 0 Å². The van der Waals surface area contributed by atoms with Crippen molar-refractivity contribution in [2.45, 2.75) is 12.8 Å². The molecule has 2 nitrogen and oxygen atoms in total. The van der Waals surface area contributed by atoms with Gasteiger partial charge < -0.3 is 4.74 Å². The monoisotopic (exact) mass is 304 g/mol. The summed E-state index contributed by atoms with van der Waals surface area (Å²) in [4.78, 5) is 12.4. The SMILES string of the molecule is O=C(OCC1CC2C=CC1C2)c1cccc(-c2ccccc2)c1. The summed E-state index contributed by atoms with van der Waals surface area (Å²) in [6.45, 7) is 0.542. The summed E-state index contributed by atoms with van der Waals surface area (Å²) < 4.78 is 5.58. The van der Waals surface area contributed by atoms with Crippen molar-refractivity contribution in [2.75, 3.05) is 6.61 Å². The van der Waals surface area contributed by atoms with Gasteiger partial charge in [0.05, 0.1) is 12.2 Å². The summed E-state index contributed by atoms with van der Waals surface area (Å²) in [7, 11) is 0. The molecular formula is C21H20O2. The van der Waals surface area contributed by atoms with Gasteiger partial charge in [0, 0.05) is 0 Å². The quantitative estimate of drug-likeness (QED) is 0.603. The third kappa shape index (κ3) is 2.94. The highest BCUT2D eigenvalue weighted by molar-refractivity contribution is 5.91. The fourth-order valence-electron chi connectivity index (χ4n) is 3.81. The van der Waals surface area contributed by atoms with E-state index in [9.17, 15) is 4.79 Å². The molecule has 1 saturated carbocycles. The van der Waals surface area contributed by atoms with Crippen molar-refractivity contribution in [3.8, 4) is 11.1 Å². The van der Waals surface area contributed by atoms with Crippen LogP contribution in [0.15, 0.2) is 66.7 Å². The van der Waals surface area contributed by atoms with E-state index in [2.05, 4.69) is 12.2 Å². The number of rotatable bonds is 4. The van der Waals surface area contributed by atoms with Gasteiger partial charge in [0.2, 0.25) is 0 Å². The smallest absolute Gasteiger partial charge is 0.338 e. The molecule has 0 amide bonds. The van der Waals surface area contributed by atoms with Crippen LogP contribution in [0.4, 0.5) is 0 Å². The minimum Gasteiger partial charge on any atom is -0.462 e. The fourth-order valence-corrected chi connectivity index (χ4v) is 3.81. The second-order valence-electron chi connectivity index (χ2n) is 6.59. The molecule has 0 heterocycles. The molecule has 2 aliphatic rings. The van der Waals surface area contributed by atoms with Crippen molar-refractivity contribution in [2.24, 2.45) is 17.8 Å². The molecular weight excluding hydrogens is 284 g/mol. The molecule has 3 atom stereocenters. The lowest BCUT2D eigenvalue weighted by Gasteiger charge is -2.17. The lowest BCUT2D eigenvalue weighted by Crippen LogP contribution is -2.17. The van der Waals surface area contributed by atoms with Gasteiger partial charge in [0.15, 0.2) is 0 Å². The van der Waals surface area contributed by atoms with Crippen molar-refractivity contribution in [1.29, 1.82) is 0 Å². The molecule has 2 aromatic rings. The lowest BCUT2D eigenvalue weighted by atomic mass is 9.94. The number of benzene rings is 2. The average Bonchev–Trinajstić information content (AvgIpc) is 3.23. The summed E-state index contributed by atoms with van der Waals surface area (Å²) in [6, 6.07) is 17.8. The van der Waals surface area contributed by atoms with Crippen molar-refractivity contribution in [1.82, 2.24) is 0 Å². The summed E-state index contributed by atoms with van der Waals surface area (Å²) in [6.07, 6.45) is 7.01. The first kappa shape index (κ1) is 14.3. The Kier molecular flexibility index (Phi) is 3.74. The maximum absolute atomic E-state index is 12.4. The van der Waals surface area contributed by atoms with E-state index in [1.807, 2.05) is 54.6 Å². The van der Waals surface area contributed by atoms with Gasteiger partial charge in [0.25, 0.3) is 0 Å². The molecule has 2 aliphatic carbocycles. The first-order chi connectivity index (χ1) is 11.3. The zero-order valence-electron chi connectivity index (χ0n) is 13.0. The molecule has 116 valence electrons. The highest BCUT2D eigenvalue weighted by Crippen LogP contribution is 2.43. The van der Waals surface area contributed by atoms with Crippen LogP contribution in [-0.2, 0) is 4.74 Å². The Labute approximate surface area is 136 Å². The largest absolute Gasteiger partial charge is 0.462 e. The van der Waals surface area contributed by atoms with E-state index in [1.165, 1.54) is 12.8 Å². The molecule has 0 radical (unpaired) electrons. The highest BCUT2D eigenvalue weighted by atomic mass is 16.5. The molecule has 0 aliphatic heterocycles. The summed E-state index contributed by atoms with van der Waals surface area (Å²) in [5, 5.41) is 0. The molecule has 2 heteroatoms. The maximum Gasteiger partial charge on any atom is 0.338 e. The van der Waals surface area contributed by atoms with E-state index in [0.29, 0.717) is 29.9 Å². The maximum atomic E-state index is 12.4. The van der Waals surface area contributed by atoms with Gasteiger partial charge in [-0.3, -0.25) is 0 Å². The van der Waals surface area contributed by atoms with Crippen molar-refractivity contribution >= 4 is 5.97 Å². The Morgan fingerprint density at radius 3 is 2.52 bits per heavy atom. The van der Waals surface area contributed by atoms with Crippen LogP contribution in [0.1, 0.15) is 23.2 Å². The zero-order chi connectivity index (χ0) is 15.6. The standard InChI is InChI=1S/C21H20O2/c22-21(23-14-20-12-15-9-10-18(20)11-15)19-8-4-7-17(13-19)16-5-2-1-3-6-16/h1-10,13,15,18,20H,11-12,14H2. The van der Waals surface area contributed by atoms with E-state index in [0.717, 1.165) is 11.1 Å². The minimum absolute atomic E-state index is 0.213. The number of ether oxygens (including phenoxy) is 1. The number of carbonyl (C=O) groups excluding carboxylic acids is 1. The Bertz CT molecular complexity index is 733. The van der Waals surface area contributed by atoms with E-state index in [4.69, 9.17) is 4.74 Å². The summed E-state index contributed by atoms with van der Waals surface area (Å²) >= 11 is 0. The number of allylic oxidation sites excluding steroid dienone is 2. The Balaban J connectivity index is 1.43. The van der Waals surface area contributed by atoms with Crippen LogP contribution < -0.4 is 0 Å². The Hall–Kier alpha value is -2.35. The number of hydrogen-bond donors (Lipinski definition) is 0. The topological polar surface area (TPSA) is 26.3 Å². The van der Waals surface area contributed by atoms with Crippen LogP contribution in [0.2, 0.25) is 0 Å². The normalized spacial score (nSPS) is 24.8. The van der Waals surface area contributed by atoms with Gasteiger partial charge in [0.1, 0.15) is 0 Å². The molecule has 0 aromatic heterocycles. The summed E-state index contributed by atoms with van der Waals surface area (Å²) in [5.41, 5.74) is 2.79. The molecule has 3 unspecified atom stereocenters. The molecule has 2 bridgehead atoms. The first-order valence-corrected chi connectivity index (χ1v) is 8.30. The highest BCUT2D eigenvalue weighted by Gasteiger charge is 2.36. The van der Waals surface area contributed by atoms with E-state index < -0.39 is 0 Å². The predicted octanol–water partition coefficient (Wildman–Crippen LogP) is 4.72. The zero-order valence-corrected chi connectivity index (χ0v) is 13.0. The Morgan fingerprint density at radius 1 is 0.957 bits per heavy atom. The predicted molar refractivity (Wildman–Crippen MR) is 91.0 cm³/mol. The van der Waals surface area contributed by atoms with Gasteiger partial charge in [-0.2, -0.15) is 0 Å². The molecule has 0 spiro atoms.